The van der Waals surface area contributed by atoms with E-state index < -0.39 is 71.7 Å². The second-order valence-electron chi connectivity index (χ2n) is 14.5. The van der Waals surface area contributed by atoms with Crippen molar-refractivity contribution in [3.8, 4) is 0 Å². The van der Waals surface area contributed by atoms with Crippen molar-refractivity contribution >= 4 is 17.5 Å². The number of carbonyl (C=O) groups excluding carboxylic acids is 2. The summed E-state index contributed by atoms with van der Waals surface area (Å²) in [5.41, 5.74) is -2.11. The third-order valence-corrected chi connectivity index (χ3v) is 10.5. The molecule has 2 bridgehead atoms. The second-order valence-corrected chi connectivity index (χ2v) is 14.5. The van der Waals surface area contributed by atoms with E-state index in [1.54, 1.807) is 41.9 Å². The van der Waals surface area contributed by atoms with E-state index in [0.717, 1.165) is 12.1 Å². The number of ketones is 1. The molecular weight excluding hydrogens is 608 g/mol. The van der Waals surface area contributed by atoms with Crippen molar-refractivity contribution in [1.29, 1.82) is 0 Å². The van der Waals surface area contributed by atoms with Gasteiger partial charge >= 0.3 is 5.97 Å². The van der Waals surface area contributed by atoms with Crippen LogP contribution in [0.5, 0.6) is 0 Å². The SMILES string of the molecule is C.CC[C@H]1OC(=O)[C@H](C)[C@@H](O)[C@H](C)[C@@H](O[C@@H]2O[C@H](C)C[C@H](N(C)C)[C@H]2OC)[C@@]2(C)C[C@@H](C)C(=NC)[C@H](C)[C@@H](OCC(=O)CO2)[C@]1(C)O. The summed E-state index contributed by atoms with van der Waals surface area (Å²) < 4.78 is 37.8. The topological polar surface area (TPSA) is 146 Å². The maximum atomic E-state index is 13.6. The first-order chi connectivity index (χ1) is 21.4. The quantitative estimate of drug-likeness (QED) is 0.415. The summed E-state index contributed by atoms with van der Waals surface area (Å²) in [6, 6.07) is -0.0132. The minimum absolute atomic E-state index is 0. The molecule has 3 aliphatic heterocycles. The predicted molar refractivity (Wildman–Crippen MR) is 179 cm³/mol. The molecule has 12 heteroatoms. The number of methoxy groups -OCH3 is 1. The molecule has 3 saturated heterocycles. The standard InChI is InChI=1S/C34H60N2O10.CH4/c1-13-25-34(8,40)30-20(4)26(35-9)18(2)15-33(7,43-17-23(37)16-42-30)29(21(5)27(38)22(6)31(39)45-25)46-32-28(41-12)24(36(10)11)14-19(3)44-32;/h18-22,24-25,27-30,32,38,40H,13-17H2,1-12H3;1H4/t18-,19-,20+,21+,22-,24+,25-,27+,28-,29-,30-,32+,33-,34-;/m1./s1. The summed E-state index contributed by atoms with van der Waals surface area (Å²) in [4.78, 5) is 33.7. The molecule has 274 valence electrons. The summed E-state index contributed by atoms with van der Waals surface area (Å²) in [5, 5.41) is 23.8. The number of esters is 1. The Labute approximate surface area is 282 Å². The van der Waals surface area contributed by atoms with Crippen LogP contribution in [0, 0.1) is 23.7 Å². The van der Waals surface area contributed by atoms with Gasteiger partial charge in [0.05, 0.1) is 35.9 Å². The van der Waals surface area contributed by atoms with E-state index >= 15 is 0 Å². The van der Waals surface area contributed by atoms with Gasteiger partial charge in [-0.25, -0.2) is 0 Å². The van der Waals surface area contributed by atoms with Crippen LogP contribution in [0.3, 0.4) is 0 Å². The van der Waals surface area contributed by atoms with Gasteiger partial charge in [0, 0.05) is 37.7 Å². The summed E-state index contributed by atoms with van der Waals surface area (Å²) >= 11 is 0. The highest BCUT2D eigenvalue weighted by molar-refractivity contribution is 5.89. The Kier molecular flexibility index (Phi) is 15.0. The van der Waals surface area contributed by atoms with Crippen LogP contribution in [0.25, 0.3) is 0 Å². The maximum Gasteiger partial charge on any atom is 0.311 e. The lowest BCUT2D eigenvalue weighted by Gasteiger charge is -2.49. The molecule has 14 atom stereocenters. The molecule has 0 aromatic heterocycles. The fourth-order valence-electron chi connectivity index (χ4n) is 7.98. The van der Waals surface area contributed by atoms with E-state index in [9.17, 15) is 19.8 Å². The number of likely N-dealkylation sites (N-methyl/N-ethyl adjacent to an activating group) is 1. The van der Waals surface area contributed by atoms with Gasteiger partial charge in [-0.05, 0) is 67.0 Å². The smallest absolute Gasteiger partial charge is 0.311 e. The number of cyclic esters (lactones) is 1. The number of hydrogen-bond acceptors (Lipinski definition) is 12. The van der Waals surface area contributed by atoms with Crippen LogP contribution in [-0.2, 0) is 38.0 Å². The molecule has 12 nitrogen and oxygen atoms in total. The fourth-order valence-corrected chi connectivity index (χ4v) is 7.98. The van der Waals surface area contributed by atoms with E-state index in [2.05, 4.69) is 9.89 Å². The molecule has 0 radical (unpaired) electrons. The Balaban J connectivity index is 0.00000768. The van der Waals surface area contributed by atoms with Crippen LogP contribution in [-0.4, -0.2) is 134 Å². The maximum absolute atomic E-state index is 13.6. The zero-order chi connectivity index (χ0) is 34.7. The highest BCUT2D eigenvalue weighted by Crippen LogP contribution is 2.40. The highest BCUT2D eigenvalue weighted by Gasteiger charge is 2.53. The number of aliphatic hydroxyl groups is 2. The zero-order valence-electron chi connectivity index (χ0n) is 30.0. The molecule has 3 fully saturated rings. The Bertz CT molecular complexity index is 1070. The van der Waals surface area contributed by atoms with Crippen LogP contribution in [0.4, 0.5) is 0 Å². The van der Waals surface area contributed by atoms with Crippen LogP contribution in [0.1, 0.15) is 82.1 Å². The molecule has 0 spiro atoms. The Hall–Kier alpha value is -1.51. The normalized spacial score (nSPS) is 45.4. The van der Waals surface area contributed by atoms with Crippen molar-refractivity contribution in [2.45, 2.75) is 142 Å². The first kappa shape index (κ1) is 41.7. The Morgan fingerprint density at radius 1 is 1.06 bits per heavy atom. The van der Waals surface area contributed by atoms with Crippen LogP contribution < -0.4 is 0 Å². The summed E-state index contributed by atoms with van der Waals surface area (Å²) in [5.74, 6) is -3.35. The number of nitrogens with zero attached hydrogens (tertiary/aromatic N) is 2. The molecule has 47 heavy (non-hydrogen) atoms. The molecule has 0 aromatic rings. The fraction of sp³-hybridized carbons (Fsp3) is 0.914. The van der Waals surface area contributed by atoms with Crippen LogP contribution >= 0.6 is 0 Å². The highest BCUT2D eigenvalue weighted by atomic mass is 16.7. The predicted octanol–water partition coefficient (Wildman–Crippen LogP) is 3.28. The number of rotatable bonds is 5. The van der Waals surface area contributed by atoms with Gasteiger partial charge < -0.3 is 43.5 Å². The monoisotopic (exact) mass is 672 g/mol. The van der Waals surface area contributed by atoms with Crippen molar-refractivity contribution < 1.29 is 48.2 Å². The minimum Gasteiger partial charge on any atom is -0.459 e. The van der Waals surface area contributed by atoms with Crippen LogP contribution in [0.2, 0.25) is 0 Å². The van der Waals surface area contributed by atoms with Gasteiger partial charge in [0.1, 0.15) is 31.0 Å². The molecular formula is C35H64N2O10. The van der Waals surface area contributed by atoms with Gasteiger partial charge in [-0.2, -0.15) is 0 Å². The van der Waals surface area contributed by atoms with Gasteiger partial charge in [0.2, 0.25) is 0 Å². The first-order valence-electron chi connectivity index (χ1n) is 16.8. The third-order valence-electron chi connectivity index (χ3n) is 10.5. The Morgan fingerprint density at radius 3 is 2.26 bits per heavy atom. The van der Waals surface area contributed by atoms with E-state index in [1.165, 1.54) is 0 Å². The summed E-state index contributed by atoms with van der Waals surface area (Å²) in [6.07, 6.45) is -4.12. The lowest BCUT2D eigenvalue weighted by molar-refractivity contribution is -0.306. The van der Waals surface area contributed by atoms with Crippen molar-refractivity contribution in [1.82, 2.24) is 4.90 Å². The zero-order valence-corrected chi connectivity index (χ0v) is 30.0. The van der Waals surface area contributed by atoms with Gasteiger partial charge in [-0.15, -0.1) is 0 Å². The Morgan fingerprint density at radius 2 is 1.70 bits per heavy atom. The van der Waals surface area contributed by atoms with E-state index in [1.807, 2.05) is 41.8 Å². The van der Waals surface area contributed by atoms with Crippen molar-refractivity contribution in [2.24, 2.45) is 28.7 Å². The molecule has 0 unspecified atom stereocenters. The average Bonchev–Trinajstić information content (AvgIpc) is 3.00. The van der Waals surface area contributed by atoms with Gasteiger partial charge in [-0.1, -0.05) is 35.1 Å². The number of fused-ring (bicyclic) bond motifs is 5. The van der Waals surface area contributed by atoms with E-state index in [4.69, 9.17) is 28.4 Å². The van der Waals surface area contributed by atoms with Crippen molar-refractivity contribution in [3.63, 3.8) is 0 Å². The molecule has 0 aliphatic carbocycles. The summed E-state index contributed by atoms with van der Waals surface area (Å²) in [7, 11) is 7.28. The number of Topliss-reactive ketones (excluding diaryl/α,β-unsaturated/α-hetero) is 1. The van der Waals surface area contributed by atoms with Crippen molar-refractivity contribution in [3.05, 3.63) is 0 Å². The van der Waals surface area contributed by atoms with Crippen LogP contribution in [0.15, 0.2) is 4.99 Å². The molecule has 3 rings (SSSR count). The summed E-state index contributed by atoms with van der Waals surface area (Å²) in [6.45, 7) is 14.0. The largest absolute Gasteiger partial charge is 0.459 e. The van der Waals surface area contributed by atoms with Crippen molar-refractivity contribution in [2.75, 3.05) is 41.5 Å². The molecule has 0 saturated carbocycles. The van der Waals surface area contributed by atoms with Gasteiger partial charge in [0.25, 0.3) is 0 Å². The molecule has 3 heterocycles. The number of aliphatic hydroxyl groups excluding tert-OH is 1. The molecule has 3 aliphatic rings. The first-order valence-corrected chi connectivity index (χ1v) is 16.8. The minimum atomic E-state index is -1.68. The second kappa shape index (κ2) is 16.9. The number of aliphatic imine (C=N–C) groups is 1. The lowest BCUT2D eigenvalue weighted by Crippen LogP contribution is -2.61. The lowest BCUT2D eigenvalue weighted by atomic mass is 9.73. The number of ether oxygens (including phenoxy) is 6. The van der Waals surface area contributed by atoms with E-state index in [-0.39, 0.29) is 50.9 Å². The third kappa shape index (κ3) is 9.00. The molecule has 0 aromatic carbocycles. The van der Waals surface area contributed by atoms with E-state index in [0.29, 0.717) is 6.42 Å². The average molecular weight is 673 g/mol. The molecule has 0 amide bonds. The number of hydrogen-bond donors (Lipinski definition) is 2. The molecule has 2 N–H and O–H groups in total. The van der Waals surface area contributed by atoms with Gasteiger partial charge in [0.15, 0.2) is 12.1 Å². The van der Waals surface area contributed by atoms with Gasteiger partial charge in [-0.3, -0.25) is 14.6 Å². The number of carbonyl (C=O) groups is 2.